The zero-order valence-electron chi connectivity index (χ0n) is 13.7. The van der Waals surface area contributed by atoms with Gasteiger partial charge in [0.15, 0.2) is 9.84 Å². The van der Waals surface area contributed by atoms with Crippen LogP contribution in [0.1, 0.15) is 37.3 Å². The first-order valence-corrected chi connectivity index (χ1v) is 10.9. The van der Waals surface area contributed by atoms with E-state index in [2.05, 4.69) is 43.4 Å². The molecule has 1 aliphatic rings. The molecule has 2 rings (SSSR count). The third kappa shape index (κ3) is 6.18. The van der Waals surface area contributed by atoms with Gasteiger partial charge in [0.25, 0.3) is 0 Å². The molecule has 1 heterocycles. The van der Waals surface area contributed by atoms with Gasteiger partial charge in [-0.15, -0.1) is 11.8 Å². The maximum Gasteiger partial charge on any atom is 0.230 e. The van der Waals surface area contributed by atoms with E-state index < -0.39 is 9.84 Å². The molecule has 1 atom stereocenters. The van der Waals surface area contributed by atoms with E-state index in [0.29, 0.717) is 24.6 Å². The molecule has 1 aromatic rings. The summed E-state index contributed by atoms with van der Waals surface area (Å²) >= 11 is 1.45. The zero-order chi connectivity index (χ0) is 16.9. The Hall–Kier alpha value is -1.01. The Morgan fingerprint density at radius 3 is 2.57 bits per heavy atom. The number of carbonyl (C=O) groups is 1. The molecule has 1 amide bonds. The van der Waals surface area contributed by atoms with Gasteiger partial charge < -0.3 is 5.32 Å². The van der Waals surface area contributed by atoms with E-state index in [4.69, 9.17) is 0 Å². The van der Waals surface area contributed by atoms with E-state index in [1.54, 1.807) is 0 Å². The molecule has 1 fully saturated rings. The Morgan fingerprint density at radius 1 is 1.30 bits per heavy atom. The Labute approximate surface area is 143 Å². The summed E-state index contributed by atoms with van der Waals surface area (Å²) in [6.07, 6.45) is 1.48. The van der Waals surface area contributed by atoms with Crippen LogP contribution in [0.4, 0.5) is 0 Å². The highest BCUT2D eigenvalue weighted by Gasteiger charge is 2.28. The summed E-state index contributed by atoms with van der Waals surface area (Å²) in [5, 5.41) is 2.98. The normalized spacial score (nSPS) is 19.9. The molecule has 0 aromatic heterocycles. The van der Waals surface area contributed by atoms with Gasteiger partial charge in [-0.2, -0.15) is 0 Å². The van der Waals surface area contributed by atoms with E-state index in [0.717, 1.165) is 6.42 Å². The molecule has 6 heteroatoms. The second-order valence-electron chi connectivity index (χ2n) is 6.33. The third-order valence-corrected chi connectivity index (χ3v) is 7.30. The zero-order valence-corrected chi connectivity index (χ0v) is 15.4. The first kappa shape index (κ1) is 18.3. The molecular formula is C17H25NO3S2. The Bertz CT molecular complexity index is 624. The third-order valence-electron chi connectivity index (χ3n) is 4.02. The van der Waals surface area contributed by atoms with Gasteiger partial charge >= 0.3 is 0 Å². The fourth-order valence-electron chi connectivity index (χ4n) is 2.55. The fourth-order valence-corrected chi connectivity index (χ4v) is 6.03. The average Bonchev–Trinajstić information content (AvgIpc) is 2.85. The van der Waals surface area contributed by atoms with Crippen molar-refractivity contribution in [3.63, 3.8) is 0 Å². The second-order valence-corrected chi connectivity index (χ2v) is 9.85. The van der Waals surface area contributed by atoms with Crippen LogP contribution in [0.2, 0.25) is 0 Å². The van der Waals surface area contributed by atoms with Gasteiger partial charge in [0.05, 0.1) is 17.3 Å². The molecule has 0 spiro atoms. The van der Waals surface area contributed by atoms with Gasteiger partial charge in [0.1, 0.15) is 0 Å². The van der Waals surface area contributed by atoms with Crippen molar-refractivity contribution in [3.05, 3.63) is 35.4 Å². The van der Waals surface area contributed by atoms with E-state index in [-0.39, 0.29) is 22.7 Å². The Balaban J connectivity index is 1.65. The van der Waals surface area contributed by atoms with Gasteiger partial charge in [-0.25, -0.2) is 8.42 Å². The van der Waals surface area contributed by atoms with Crippen molar-refractivity contribution in [3.8, 4) is 0 Å². The number of hydrogen-bond donors (Lipinski definition) is 1. The lowest BCUT2D eigenvalue weighted by molar-refractivity contribution is -0.118. The fraction of sp³-hybridized carbons (Fsp3) is 0.588. The van der Waals surface area contributed by atoms with Gasteiger partial charge in [-0.05, 0) is 29.9 Å². The molecule has 1 unspecified atom stereocenters. The van der Waals surface area contributed by atoms with Crippen LogP contribution >= 0.6 is 11.8 Å². The number of carbonyl (C=O) groups excluding carboxylic acids is 1. The van der Waals surface area contributed by atoms with Crippen molar-refractivity contribution in [2.75, 3.05) is 23.8 Å². The molecule has 0 saturated carbocycles. The first-order chi connectivity index (χ1) is 10.9. The lowest BCUT2D eigenvalue weighted by Gasteiger charge is -2.09. The minimum Gasteiger partial charge on any atom is -0.355 e. The number of rotatable bonds is 7. The smallest absolute Gasteiger partial charge is 0.230 e. The lowest BCUT2D eigenvalue weighted by atomic mass is 10.0. The molecule has 0 aliphatic carbocycles. The highest BCUT2D eigenvalue weighted by molar-refractivity contribution is 8.02. The summed E-state index contributed by atoms with van der Waals surface area (Å²) < 4.78 is 22.7. The number of sulfone groups is 1. The van der Waals surface area contributed by atoms with Crippen LogP contribution < -0.4 is 5.32 Å². The number of nitrogens with one attached hydrogen (secondary N) is 1. The van der Waals surface area contributed by atoms with E-state index in [1.807, 2.05) is 0 Å². The van der Waals surface area contributed by atoms with E-state index in [9.17, 15) is 13.2 Å². The number of hydrogen-bond acceptors (Lipinski definition) is 4. The van der Waals surface area contributed by atoms with Crippen molar-refractivity contribution in [2.24, 2.45) is 0 Å². The quantitative estimate of drug-likeness (QED) is 0.816. The van der Waals surface area contributed by atoms with Crippen molar-refractivity contribution in [2.45, 2.75) is 37.9 Å². The summed E-state index contributed by atoms with van der Waals surface area (Å²) in [6.45, 7) is 4.95. The molecule has 128 valence electrons. The van der Waals surface area contributed by atoms with Crippen LogP contribution in [0.25, 0.3) is 0 Å². The molecule has 1 saturated heterocycles. The number of amides is 1. The summed E-state index contributed by atoms with van der Waals surface area (Å²) in [7, 11) is -2.86. The monoisotopic (exact) mass is 355 g/mol. The van der Waals surface area contributed by atoms with Crippen molar-refractivity contribution < 1.29 is 13.2 Å². The largest absolute Gasteiger partial charge is 0.355 e. The molecule has 0 radical (unpaired) electrons. The Kier molecular flexibility index (Phi) is 6.53. The van der Waals surface area contributed by atoms with E-state index >= 15 is 0 Å². The van der Waals surface area contributed by atoms with Crippen LogP contribution in [0.15, 0.2) is 24.3 Å². The van der Waals surface area contributed by atoms with Crippen LogP contribution in [0.5, 0.6) is 0 Å². The predicted molar refractivity (Wildman–Crippen MR) is 96.8 cm³/mol. The highest BCUT2D eigenvalue weighted by Crippen LogP contribution is 2.23. The van der Waals surface area contributed by atoms with Crippen molar-refractivity contribution in [1.82, 2.24) is 5.32 Å². The molecular weight excluding hydrogens is 330 g/mol. The molecule has 23 heavy (non-hydrogen) atoms. The first-order valence-electron chi connectivity index (χ1n) is 8.03. The maximum absolute atomic E-state index is 11.8. The maximum atomic E-state index is 11.8. The van der Waals surface area contributed by atoms with Gasteiger partial charge in [0, 0.05) is 11.8 Å². The number of benzene rings is 1. The van der Waals surface area contributed by atoms with Gasteiger partial charge in [-0.3, -0.25) is 4.79 Å². The molecule has 1 aliphatic heterocycles. The van der Waals surface area contributed by atoms with Crippen LogP contribution in [-0.4, -0.2) is 43.4 Å². The molecule has 1 N–H and O–H groups in total. The standard InChI is InChI=1S/C17H25NO3S2/c1-13(2)15-5-3-14(4-6-15)7-9-18-17(19)11-22-16-8-10-23(20,21)12-16/h3-6,13,16H,7-12H2,1-2H3,(H,18,19). The van der Waals surface area contributed by atoms with Crippen LogP contribution in [-0.2, 0) is 21.1 Å². The molecule has 4 nitrogen and oxygen atoms in total. The Morgan fingerprint density at radius 2 is 2.00 bits per heavy atom. The van der Waals surface area contributed by atoms with Gasteiger partial charge in [0.2, 0.25) is 5.91 Å². The average molecular weight is 356 g/mol. The van der Waals surface area contributed by atoms with Crippen LogP contribution in [0, 0.1) is 0 Å². The predicted octanol–water partition coefficient (Wildman–Crippen LogP) is 2.39. The molecule has 1 aromatic carbocycles. The second kappa shape index (κ2) is 8.20. The van der Waals surface area contributed by atoms with E-state index in [1.165, 1.54) is 22.9 Å². The van der Waals surface area contributed by atoms with Crippen LogP contribution in [0.3, 0.4) is 0 Å². The lowest BCUT2D eigenvalue weighted by Crippen LogP contribution is -2.28. The summed E-state index contributed by atoms with van der Waals surface area (Å²) in [6, 6.07) is 8.50. The summed E-state index contributed by atoms with van der Waals surface area (Å²) in [4.78, 5) is 11.8. The minimum absolute atomic E-state index is 0.0156. The number of thioether (sulfide) groups is 1. The summed E-state index contributed by atoms with van der Waals surface area (Å²) in [5.41, 5.74) is 2.53. The van der Waals surface area contributed by atoms with Crippen molar-refractivity contribution in [1.29, 1.82) is 0 Å². The molecule has 0 bridgehead atoms. The topological polar surface area (TPSA) is 63.2 Å². The SMILES string of the molecule is CC(C)c1ccc(CCNC(=O)CSC2CCS(=O)(=O)C2)cc1. The van der Waals surface area contributed by atoms with Crippen molar-refractivity contribution >= 4 is 27.5 Å². The van der Waals surface area contributed by atoms with Gasteiger partial charge in [-0.1, -0.05) is 38.1 Å². The summed E-state index contributed by atoms with van der Waals surface area (Å²) in [5.74, 6) is 1.33. The highest BCUT2D eigenvalue weighted by atomic mass is 32.2. The minimum atomic E-state index is -2.86.